The lowest BCUT2D eigenvalue weighted by atomic mass is 10.0. The van der Waals surface area contributed by atoms with Gasteiger partial charge >= 0.3 is 0 Å². The van der Waals surface area contributed by atoms with Crippen LogP contribution in [0.15, 0.2) is 85.2 Å². The van der Waals surface area contributed by atoms with Gasteiger partial charge in [-0.15, -0.1) is 0 Å². The number of nitrogens with zero attached hydrogens (tertiary/aromatic N) is 4. The van der Waals surface area contributed by atoms with Gasteiger partial charge in [-0.1, -0.05) is 79.2 Å². The third-order valence-corrected chi connectivity index (χ3v) is 6.44. The highest BCUT2D eigenvalue weighted by atomic mass is 35.5. The number of nitrogens with one attached hydrogen (secondary N) is 3. The average Bonchev–Trinajstić information content (AvgIpc) is 3.46. The van der Waals surface area contributed by atoms with Crippen molar-refractivity contribution in [3.63, 3.8) is 0 Å². The number of H-pyrrole nitrogens is 1. The standard InChI is InChI=1S/C28H24ClN7/c1-2-24(18-9-5-3-6-10-18)34-26-20(15-30)16-31-28-22(26)13-21(14-23(28)29)33-27(25-17-32-36-35-25)19-11-7-4-8-12-19/h3-14,16-17,24,27,33H,2H2,1H3,(H,31,34)(H,32,35,36)/t24-,27?/m1/s1. The summed E-state index contributed by atoms with van der Waals surface area (Å²) in [5.74, 6) is 0. The average molecular weight is 494 g/mol. The summed E-state index contributed by atoms with van der Waals surface area (Å²) in [4.78, 5) is 4.50. The molecule has 36 heavy (non-hydrogen) atoms. The van der Waals surface area contributed by atoms with Crippen LogP contribution in [0.2, 0.25) is 5.02 Å². The molecule has 0 saturated carbocycles. The lowest BCUT2D eigenvalue weighted by molar-refractivity contribution is 0.750. The molecule has 0 amide bonds. The Bertz CT molecular complexity index is 1500. The highest BCUT2D eigenvalue weighted by Crippen LogP contribution is 2.37. The molecule has 2 aromatic heterocycles. The van der Waals surface area contributed by atoms with Gasteiger partial charge in [-0.2, -0.15) is 20.7 Å². The van der Waals surface area contributed by atoms with Crippen molar-refractivity contribution in [1.82, 2.24) is 20.4 Å². The fourth-order valence-electron chi connectivity index (χ4n) is 4.35. The van der Waals surface area contributed by atoms with E-state index in [-0.39, 0.29) is 12.1 Å². The molecule has 0 fully saturated rings. The maximum absolute atomic E-state index is 9.89. The second-order valence-electron chi connectivity index (χ2n) is 8.41. The van der Waals surface area contributed by atoms with Crippen molar-refractivity contribution in [3.05, 3.63) is 113 Å². The van der Waals surface area contributed by atoms with Crippen LogP contribution in [0, 0.1) is 11.3 Å². The fourth-order valence-corrected chi connectivity index (χ4v) is 4.62. The molecule has 0 aliphatic rings. The van der Waals surface area contributed by atoms with Crippen molar-refractivity contribution >= 4 is 33.9 Å². The molecule has 5 rings (SSSR count). The smallest absolute Gasteiger partial charge is 0.109 e. The molecule has 0 spiro atoms. The number of nitriles is 1. The number of halogens is 1. The predicted octanol–water partition coefficient (Wildman–Crippen LogP) is 6.64. The largest absolute Gasteiger partial charge is 0.377 e. The Kier molecular flexibility index (Phi) is 6.78. The van der Waals surface area contributed by atoms with E-state index in [1.54, 1.807) is 12.4 Å². The fraction of sp³-hybridized carbons (Fsp3) is 0.143. The van der Waals surface area contributed by atoms with Crippen LogP contribution in [0.4, 0.5) is 11.4 Å². The van der Waals surface area contributed by atoms with Crippen molar-refractivity contribution in [3.8, 4) is 6.07 Å². The molecule has 0 radical (unpaired) electrons. The van der Waals surface area contributed by atoms with Gasteiger partial charge in [0.2, 0.25) is 0 Å². The van der Waals surface area contributed by atoms with E-state index in [0.29, 0.717) is 21.8 Å². The Morgan fingerprint density at radius 1 is 0.972 bits per heavy atom. The monoisotopic (exact) mass is 493 g/mol. The first-order chi connectivity index (χ1) is 17.7. The Labute approximate surface area is 214 Å². The number of hydrogen-bond donors (Lipinski definition) is 3. The van der Waals surface area contributed by atoms with Crippen LogP contribution >= 0.6 is 11.6 Å². The minimum atomic E-state index is -0.255. The summed E-state index contributed by atoms with van der Waals surface area (Å²) in [5, 5.41) is 29.3. The second kappa shape index (κ2) is 10.5. The molecule has 3 aromatic carbocycles. The Morgan fingerprint density at radius 2 is 1.69 bits per heavy atom. The summed E-state index contributed by atoms with van der Waals surface area (Å²) >= 11 is 6.72. The zero-order chi connectivity index (χ0) is 24.9. The SMILES string of the molecule is CC[C@@H](Nc1c(C#N)cnc2c(Cl)cc(NC(c3ccccc3)c3cn[nH]n3)cc12)c1ccccc1. The molecule has 0 bridgehead atoms. The number of fused-ring (bicyclic) bond motifs is 1. The van der Waals surface area contributed by atoms with Crippen molar-refractivity contribution in [1.29, 1.82) is 5.26 Å². The molecule has 0 aliphatic carbocycles. The number of benzene rings is 3. The molecule has 1 unspecified atom stereocenters. The van der Waals surface area contributed by atoms with E-state index in [1.807, 2.05) is 60.7 Å². The predicted molar refractivity (Wildman–Crippen MR) is 143 cm³/mol. The molecule has 5 aromatic rings. The maximum atomic E-state index is 9.89. The summed E-state index contributed by atoms with van der Waals surface area (Å²) in [6.45, 7) is 2.11. The maximum Gasteiger partial charge on any atom is 0.109 e. The number of aromatic nitrogens is 4. The van der Waals surface area contributed by atoms with Crippen molar-refractivity contribution in [2.75, 3.05) is 10.6 Å². The number of hydrogen-bond acceptors (Lipinski definition) is 6. The molecule has 3 N–H and O–H groups in total. The summed E-state index contributed by atoms with van der Waals surface area (Å²) < 4.78 is 0. The van der Waals surface area contributed by atoms with E-state index in [2.05, 4.69) is 56.2 Å². The zero-order valence-corrected chi connectivity index (χ0v) is 20.4. The molecule has 0 aliphatic heterocycles. The van der Waals surface area contributed by atoms with E-state index in [9.17, 15) is 5.26 Å². The molecular formula is C28H24ClN7. The highest BCUT2D eigenvalue weighted by molar-refractivity contribution is 6.35. The normalized spacial score (nSPS) is 12.6. The van der Waals surface area contributed by atoms with Crippen molar-refractivity contribution in [2.24, 2.45) is 0 Å². The first-order valence-corrected chi connectivity index (χ1v) is 12.1. The van der Waals surface area contributed by atoms with Gasteiger partial charge in [0.25, 0.3) is 0 Å². The van der Waals surface area contributed by atoms with Crippen molar-refractivity contribution in [2.45, 2.75) is 25.4 Å². The molecule has 7 nitrogen and oxygen atoms in total. The lowest BCUT2D eigenvalue weighted by Crippen LogP contribution is -2.14. The summed E-state index contributed by atoms with van der Waals surface area (Å²) in [5.41, 5.74) is 5.49. The van der Waals surface area contributed by atoms with Crippen LogP contribution in [0.5, 0.6) is 0 Å². The van der Waals surface area contributed by atoms with Crippen LogP contribution in [-0.4, -0.2) is 20.4 Å². The van der Waals surface area contributed by atoms with Gasteiger partial charge in [0.1, 0.15) is 11.8 Å². The van der Waals surface area contributed by atoms with Gasteiger partial charge in [-0.05, 0) is 29.7 Å². The van der Waals surface area contributed by atoms with E-state index < -0.39 is 0 Å². The van der Waals surface area contributed by atoms with Crippen LogP contribution < -0.4 is 10.6 Å². The third-order valence-electron chi connectivity index (χ3n) is 6.15. The number of pyridine rings is 1. The molecular weight excluding hydrogens is 470 g/mol. The quantitative estimate of drug-likeness (QED) is 0.224. The summed E-state index contributed by atoms with van der Waals surface area (Å²) in [7, 11) is 0. The molecule has 0 saturated heterocycles. The summed E-state index contributed by atoms with van der Waals surface area (Å²) in [6, 6.07) is 26.1. The Hall–Kier alpha value is -4.41. The van der Waals surface area contributed by atoms with Crippen LogP contribution in [0.3, 0.4) is 0 Å². The van der Waals surface area contributed by atoms with Gasteiger partial charge in [0, 0.05) is 17.3 Å². The van der Waals surface area contributed by atoms with Gasteiger partial charge in [0.05, 0.1) is 40.1 Å². The van der Waals surface area contributed by atoms with E-state index >= 15 is 0 Å². The molecule has 2 heterocycles. The van der Waals surface area contributed by atoms with Crippen molar-refractivity contribution < 1.29 is 0 Å². The lowest BCUT2D eigenvalue weighted by Gasteiger charge is -2.22. The minimum Gasteiger partial charge on any atom is -0.377 e. The number of rotatable bonds is 8. The van der Waals surface area contributed by atoms with Crippen LogP contribution in [-0.2, 0) is 0 Å². The van der Waals surface area contributed by atoms with E-state index in [1.165, 1.54) is 0 Å². The molecule has 178 valence electrons. The van der Waals surface area contributed by atoms with Gasteiger partial charge in [0.15, 0.2) is 0 Å². The Morgan fingerprint density at radius 3 is 2.33 bits per heavy atom. The first-order valence-electron chi connectivity index (χ1n) is 11.7. The first kappa shape index (κ1) is 23.3. The minimum absolute atomic E-state index is 0.0199. The highest BCUT2D eigenvalue weighted by Gasteiger charge is 2.20. The van der Waals surface area contributed by atoms with Gasteiger partial charge < -0.3 is 10.6 Å². The van der Waals surface area contributed by atoms with Gasteiger partial charge in [-0.3, -0.25) is 4.98 Å². The Balaban J connectivity index is 1.60. The van der Waals surface area contributed by atoms with E-state index in [0.717, 1.165) is 34.3 Å². The second-order valence-corrected chi connectivity index (χ2v) is 8.82. The molecule has 2 atom stereocenters. The summed E-state index contributed by atoms with van der Waals surface area (Å²) in [6.07, 6.45) is 4.11. The van der Waals surface area contributed by atoms with Crippen LogP contribution in [0.25, 0.3) is 10.9 Å². The van der Waals surface area contributed by atoms with E-state index in [4.69, 9.17) is 11.6 Å². The zero-order valence-electron chi connectivity index (χ0n) is 19.6. The number of aromatic amines is 1. The molecule has 8 heteroatoms. The topological polar surface area (TPSA) is 102 Å². The third kappa shape index (κ3) is 4.72. The van der Waals surface area contributed by atoms with Gasteiger partial charge in [-0.25, -0.2) is 0 Å². The van der Waals surface area contributed by atoms with Crippen LogP contribution in [0.1, 0.15) is 47.8 Å². The number of anilines is 2.